The van der Waals surface area contributed by atoms with Gasteiger partial charge in [0.2, 0.25) is 5.91 Å². The van der Waals surface area contributed by atoms with Crippen molar-refractivity contribution in [2.24, 2.45) is 0 Å². The summed E-state index contributed by atoms with van der Waals surface area (Å²) in [6, 6.07) is 5.10. The number of hydrogen-bond donors (Lipinski definition) is 1. The number of anilines is 1. The van der Waals surface area contributed by atoms with Gasteiger partial charge in [0.05, 0.1) is 18.6 Å². The molecule has 0 saturated heterocycles. The van der Waals surface area contributed by atoms with Gasteiger partial charge in [0.25, 0.3) is 0 Å². The molecule has 0 saturated carbocycles. The van der Waals surface area contributed by atoms with Crippen LogP contribution in [-0.2, 0) is 16.0 Å². The Morgan fingerprint density at radius 1 is 1.40 bits per heavy atom. The van der Waals surface area contributed by atoms with Crippen molar-refractivity contribution in [3.8, 4) is 0 Å². The van der Waals surface area contributed by atoms with E-state index in [0.717, 1.165) is 17.7 Å². The molecule has 1 heterocycles. The van der Waals surface area contributed by atoms with Crippen molar-refractivity contribution >= 4 is 17.6 Å². The van der Waals surface area contributed by atoms with Gasteiger partial charge in [-0.15, -0.1) is 0 Å². The van der Waals surface area contributed by atoms with E-state index in [-0.39, 0.29) is 5.91 Å². The predicted molar refractivity (Wildman–Crippen MR) is 75.2 cm³/mol. The minimum Gasteiger partial charge on any atom is -0.478 e. The summed E-state index contributed by atoms with van der Waals surface area (Å²) in [5.74, 6) is -0.951. The highest BCUT2D eigenvalue weighted by Crippen LogP contribution is 2.30. The molecule has 0 atom stereocenters. The summed E-state index contributed by atoms with van der Waals surface area (Å²) in [6.45, 7) is 3.52. The predicted octanol–water partition coefficient (Wildman–Crippen LogP) is 2.09. The molecule has 2 rings (SSSR count). The van der Waals surface area contributed by atoms with E-state index in [0.29, 0.717) is 38.2 Å². The Balaban J connectivity index is 2.22. The summed E-state index contributed by atoms with van der Waals surface area (Å²) in [4.78, 5) is 25.1. The Morgan fingerprint density at radius 2 is 2.20 bits per heavy atom. The summed E-state index contributed by atoms with van der Waals surface area (Å²) >= 11 is 0. The molecule has 0 aliphatic carbocycles. The van der Waals surface area contributed by atoms with E-state index in [9.17, 15) is 14.7 Å². The first-order valence-electron chi connectivity index (χ1n) is 6.88. The van der Waals surface area contributed by atoms with Gasteiger partial charge in [0.15, 0.2) is 0 Å². The first-order chi connectivity index (χ1) is 9.65. The van der Waals surface area contributed by atoms with Crippen LogP contribution >= 0.6 is 0 Å². The standard InChI is InChI=1S/C15H19NO4/c1-2-20-10-8-14(17)16-9-4-6-11-12(15(18)19)5-3-7-13(11)16/h3,5,7H,2,4,6,8-10H2,1H3,(H,18,19). The molecule has 0 fully saturated rings. The third kappa shape index (κ3) is 2.99. The zero-order chi connectivity index (χ0) is 14.5. The molecule has 1 amide bonds. The Hall–Kier alpha value is -1.88. The zero-order valence-corrected chi connectivity index (χ0v) is 11.6. The van der Waals surface area contributed by atoms with Gasteiger partial charge in [-0.25, -0.2) is 4.79 Å². The third-order valence-corrected chi connectivity index (χ3v) is 3.45. The Morgan fingerprint density at radius 3 is 2.90 bits per heavy atom. The summed E-state index contributed by atoms with van der Waals surface area (Å²) < 4.78 is 5.20. The quantitative estimate of drug-likeness (QED) is 0.837. The molecule has 5 nitrogen and oxygen atoms in total. The highest BCUT2D eigenvalue weighted by molar-refractivity contribution is 5.98. The summed E-state index contributed by atoms with van der Waals surface area (Å²) in [7, 11) is 0. The highest BCUT2D eigenvalue weighted by atomic mass is 16.5. The van der Waals surface area contributed by atoms with E-state index in [4.69, 9.17) is 4.74 Å². The topological polar surface area (TPSA) is 66.8 Å². The van der Waals surface area contributed by atoms with Gasteiger partial charge in [-0.3, -0.25) is 4.79 Å². The highest BCUT2D eigenvalue weighted by Gasteiger charge is 2.25. The second-order valence-corrected chi connectivity index (χ2v) is 4.70. The molecular weight excluding hydrogens is 258 g/mol. The lowest BCUT2D eigenvalue weighted by Gasteiger charge is -2.30. The molecule has 1 aliphatic rings. The number of carbonyl (C=O) groups is 2. The largest absolute Gasteiger partial charge is 0.478 e. The molecule has 0 unspecified atom stereocenters. The van der Waals surface area contributed by atoms with Gasteiger partial charge in [-0.05, 0) is 37.5 Å². The number of carboxylic acids is 1. The SMILES string of the molecule is CCOCCC(=O)N1CCCc2c(C(=O)O)cccc21. The molecule has 5 heteroatoms. The molecule has 1 aromatic carbocycles. The second kappa shape index (κ2) is 6.52. The van der Waals surface area contributed by atoms with Crippen molar-refractivity contribution in [3.63, 3.8) is 0 Å². The average molecular weight is 277 g/mol. The van der Waals surface area contributed by atoms with Crippen LogP contribution in [0, 0.1) is 0 Å². The number of aromatic carboxylic acids is 1. The van der Waals surface area contributed by atoms with Gasteiger partial charge >= 0.3 is 5.97 Å². The van der Waals surface area contributed by atoms with Crippen molar-refractivity contribution in [2.45, 2.75) is 26.2 Å². The van der Waals surface area contributed by atoms with Crippen molar-refractivity contribution in [1.82, 2.24) is 0 Å². The Kier molecular flexibility index (Phi) is 4.74. The zero-order valence-electron chi connectivity index (χ0n) is 11.6. The molecule has 1 N–H and O–H groups in total. The van der Waals surface area contributed by atoms with Crippen LogP contribution in [0.1, 0.15) is 35.7 Å². The number of amides is 1. The van der Waals surface area contributed by atoms with E-state index >= 15 is 0 Å². The first-order valence-corrected chi connectivity index (χ1v) is 6.88. The van der Waals surface area contributed by atoms with Crippen molar-refractivity contribution in [2.75, 3.05) is 24.7 Å². The minimum absolute atomic E-state index is 0.0121. The summed E-state index contributed by atoms with van der Waals surface area (Å²) in [5.41, 5.74) is 1.79. The Bertz CT molecular complexity index is 513. The van der Waals surface area contributed by atoms with E-state index < -0.39 is 5.97 Å². The molecule has 0 aromatic heterocycles. The minimum atomic E-state index is -0.939. The van der Waals surface area contributed by atoms with Gasteiger partial charge in [0, 0.05) is 18.8 Å². The average Bonchev–Trinajstić information content (AvgIpc) is 2.46. The molecule has 0 radical (unpaired) electrons. The van der Waals surface area contributed by atoms with Crippen LogP contribution in [0.15, 0.2) is 18.2 Å². The lowest BCUT2D eigenvalue weighted by molar-refractivity contribution is -0.119. The molecule has 0 spiro atoms. The monoisotopic (exact) mass is 277 g/mol. The van der Waals surface area contributed by atoms with E-state index in [1.54, 1.807) is 17.0 Å². The molecule has 1 aliphatic heterocycles. The van der Waals surface area contributed by atoms with E-state index in [1.807, 2.05) is 13.0 Å². The maximum absolute atomic E-state index is 12.2. The number of carbonyl (C=O) groups excluding carboxylic acids is 1. The molecule has 1 aromatic rings. The molecule has 0 bridgehead atoms. The fraction of sp³-hybridized carbons (Fsp3) is 0.467. The Labute approximate surface area is 118 Å². The van der Waals surface area contributed by atoms with E-state index in [1.165, 1.54) is 0 Å². The van der Waals surface area contributed by atoms with Crippen molar-refractivity contribution < 1.29 is 19.4 Å². The lowest BCUT2D eigenvalue weighted by atomic mass is 9.96. The van der Waals surface area contributed by atoms with Gasteiger partial charge < -0.3 is 14.7 Å². The maximum atomic E-state index is 12.2. The van der Waals surface area contributed by atoms with Crippen LogP contribution in [0.3, 0.4) is 0 Å². The van der Waals surface area contributed by atoms with Crippen molar-refractivity contribution in [3.05, 3.63) is 29.3 Å². The smallest absolute Gasteiger partial charge is 0.336 e. The van der Waals surface area contributed by atoms with Crippen LogP contribution in [0.4, 0.5) is 5.69 Å². The normalized spacial score (nSPS) is 13.9. The fourth-order valence-electron chi connectivity index (χ4n) is 2.52. The summed E-state index contributed by atoms with van der Waals surface area (Å²) in [6.07, 6.45) is 1.81. The third-order valence-electron chi connectivity index (χ3n) is 3.45. The molecular formula is C15H19NO4. The van der Waals surface area contributed by atoms with Crippen LogP contribution in [-0.4, -0.2) is 36.7 Å². The number of nitrogens with zero attached hydrogens (tertiary/aromatic N) is 1. The van der Waals surface area contributed by atoms with Crippen LogP contribution < -0.4 is 4.90 Å². The number of ether oxygens (including phenoxy) is 1. The fourth-order valence-corrected chi connectivity index (χ4v) is 2.52. The number of rotatable bonds is 5. The van der Waals surface area contributed by atoms with Gasteiger partial charge in [-0.2, -0.15) is 0 Å². The van der Waals surface area contributed by atoms with Crippen LogP contribution in [0.5, 0.6) is 0 Å². The lowest BCUT2D eigenvalue weighted by Crippen LogP contribution is -2.36. The van der Waals surface area contributed by atoms with Crippen LogP contribution in [0.2, 0.25) is 0 Å². The number of fused-ring (bicyclic) bond motifs is 1. The number of benzene rings is 1. The first kappa shape index (κ1) is 14.5. The van der Waals surface area contributed by atoms with E-state index in [2.05, 4.69) is 0 Å². The second-order valence-electron chi connectivity index (χ2n) is 4.70. The van der Waals surface area contributed by atoms with Gasteiger partial charge in [-0.1, -0.05) is 6.07 Å². The number of carboxylic acid groups (broad SMARTS) is 1. The van der Waals surface area contributed by atoms with Crippen LogP contribution in [0.25, 0.3) is 0 Å². The summed E-state index contributed by atoms with van der Waals surface area (Å²) in [5, 5.41) is 9.22. The van der Waals surface area contributed by atoms with Crippen molar-refractivity contribution in [1.29, 1.82) is 0 Å². The number of hydrogen-bond acceptors (Lipinski definition) is 3. The maximum Gasteiger partial charge on any atom is 0.336 e. The molecule has 20 heavy (non-hydrogen) atoms. The van der Waals surface area contributed by atoms with Gasteiger partial charge in [0.1, 0.15) is 0 Å². The molecule has 108 valence electrons.